The van der Waals surface area contributed by atoms with E-state index in [2.05, 4.69) is 16.7 Å². The summed E-state index contributed by atoms with van der Waals surface area (Å²) in [5.41, 5.74) is 3.07. The van der Waals surface area contributed by atoms with Crippen LogP contribution < -0.4 is 10.6 Å². The van der Waals surface area contributed by atoms with Crippen LogP contribution in [-0.2, 0) is 22.4 Å². The molecule has 1 aliphatic carbocycles. The predicted octanol–water partition coefficient (Wildman–Crippen LogP) is 2.08. The molecule has 3 amide bonds. The third-order valence-electron chi connectivity index (χ3n) is 3.46. The summed E-state index contributed by atoms with van der Waals surface area (Å²) < 4.78 is 0. The molecule has 0 unspecified atom stereocenters. The number of urea groups is 1. The van der Waals surface area contributed by atoms with Crippen molar-refractivity contribution >= 4 is 23.6 Å². The van der Waals surface area contributed by atoms with Gasteiger partial charge in [-0.15, -0.1) is 0 Å². The van der Waals surface area contributed by atoms with Crippen molar-refractivity contribution in [1.29, 1.82) is 0 Å². The number of hydrogen-bond donors (Lipinski definition) is 3. The van der Waals surface area contributed by atoms with Crippen molar-refractivity contribution < 1.29 is 19.5 Å². The van der Waals surface area contributed by atoms with Crippen molar-refractivity contribution in [3.05, 3.63) is 29.3 Å². The fourth-order valence-corrected chi connectivity index (χ4v) is 2.46. The second-order valence-corrected chi connectivity index (χ2v) is 5.05. The van der Waals surface area contributed by atoms with Gasteiger partial charge in [-0.2, -0.15) is 0 Å². The molecule has 0 aromatic heterocycles. The number of carbonyl (C=O) groups excluding carboxylic acids is 2. The molecule has 21 heavy (non-hydrogen) atoms. The monoisotopic (exact) mass is 290 g/mol. The van der Waals surface area contributed by atoms with E-state index in [0.717, 1.165) is 36.9 Å². The Morgan fingerprint density at radius 3 is 2.62 bits per heavy atom. The molecule has 6 heteroatoms. The van der Waals surface area contributed by atoms with E-state index < -0.39 is 17.9 Å². The highest BCUT2D eigenvalue weighted by Gasteiger charge is 2.15. The lowest BCUT2D eigenvalue weighted by Crippen LogP contribution is -2.34. The second-order valence-electron chi connectivity index (χ2n) is 5.05. The normalized spacial score (nSPS) is 13.1. The first kappa shape index (κ1) is 15.0. The van der Waals surface area contributed by atoms with Crippen molar-refractivity contribution in [3.8, 4) is 0 Å². The predicted molar refractivity (Wildman–Crippen MR) is 77.1 cm³/mol. The minimum atomic E-state index is -1.07. The Hall–Kier alpha value is -2.37. The Morgan fingerprint density at radius 2 is 1.86 bits per heavy atom. The molecule has 0 fully saturated rings. The molecule has 0 spiro atoms. The van der Waals surface area contributed by atoms with Crippen LogP contribution in [0.1, 0.15) is 36.8 Å². The Labute approximate surface area is 122 Å². The molecule has 0 heterocycles. The molecule has 0 bridgehead atoms. The van der Waals surface area contributed by atoms with Gasteiger partial charge in [-0.25, -0.2) is 4.79 Å². The summed E-state index contributed by atoms with van der Waals surface area (Å²) in [6.45, 7) is 0. The Kier molecular flexibility index (Phi) is 4.92. The molecule has 1 aliphatic rings. The van der Waals surface area contributed by atoms with Crippen molar-refractivity contribution in [2.45, 2.75) is 38.5 Å². The molecule has 2 rings (SSSR count). The van der Waals surface area contributed by atoms with Crippen molar-refractivity contribution in [2.75, 3.05) is 5.32 Å². The van der Waals surface area contributed by atoms with Crippen LogP contribution in [0.15, 0.2) is 18.2 Å². The molecule has 1 aromatic carbocycles. The van der Waals surface area contributed by atoms with Crippen LogP contribution in [0.3, 0.4) is 0 Å². The zero-order chi connectivity index (χ0) is 15.2. The van der Waals surface area contributed by atoms with Crippen molar-refractivity contribution in [1.82, 2.24) is 5.32 Å². The molecule has 0 atom stereocenters. The van der Waals surface area contributed by atoms with E-state index in [0.29, 0.717) is 0 Å². The number of amides is 3. The van der Waals surface area contributed by atoms with Crippen LogP contribution in [0.5, 0.6) is 0 Å². The van der Waals surface area contributed by atoms with Gasteiger partial charge in [-0.3, -0.25) is 14.9 Å². The number of aryl methyl sites for hydroxylation is 1. The molecule has 0 saturated heterocycles. The number of imide groups is 1. The van der Waals surface area contributed by atoms with E-state index in [9.17, 15) is 14.4 Å². The molecular weight excluding hydrogens is 272 g/mol. The average molecular weight is 290 g/mol. The molecule has 112 valence electrons. The van der Waals surface area contributed by atoms with Gasteiger partial charge in [0.25, 0.3) is 0 Å². The number of nitrogens with one attached hydrogen (secondary N) is 2. The van der Waals surface area contributed by atoms with E-state index >= 15 is 0 Å². The van der Waals surface area contributed by atoms with Gasteiger partial charge in [-0.05, 0) is 42.9 Å². The number of carbonyl (C=O) groups is 3. The molecule has 0 saturated carbocycles. The van der Waals surface area contributed by atoms with Gasteiger partial charge in [0.15, 0.2) is 0 Å². The fraction of sp³-hybridized carbons (Fsp3) is 0.400. The minimum absolute atomic E-state index is 0.213. The summed E-state index contributed by atoms with van der Waals surface area (Å²) in [6, 6.07) is 5.12. The van der Waals surface area contributed by atoms with Crippen LogP contribution in [0.2, 0.25) is 0 Å². The topological polar surface area (TPSA) is 95.5 Å². The van der Waals surface area contributed by atoms with E-state index in [1.165, 1.54) is 5.56 Å². The lowest BCUT2D eigenvalue weighted by Gasteiger charge is -2.19. The standard InChI is InChI=1S/C15H18N2O4/c18-13(8-9-14(19)20)17-15(21)16-12-7-3-5-10-4-1-2-6-11(10)12/h3,5,7H,1-2,4,6,8-9H2,(H,19,20)(H2,16,17,18,21). The van der Waals surface area contributed by atoms with Gasteiger partial charge in [0.05, 0.1) is 6.42 Å². The number of hydrogen-bond acceptors (Lipinski definition) is 3. The Balaban J connectivity index is 1.94. The summed E-state index contributed by atoms with van der Waals surface area (Å²) in [5.74, 6) is -1.66. The third kappa shape index (κ3) is 4.30. The molecule has 1 aromatic rings. The maximum atomic E-state index is 11.8. The number of carboxylic acids is 1. The van der Waals surface area contributed by atoms with Crippen LogP contribution in [0.25, 0.3) is 0 Å². The number of anilines is 1. The number of rotatable bonds is 4. The lowest BCUT2D eigenvalue weighted by molar-refractivity contribution is -0.138. The van der Waals surface area contributed by atoms with Crippen molar-refractivity contribution in [3.63, 3.8) is 0 Å². The highest BCUT2D eigenvalue weighted by atomic mass is 16.4. The zero-order valence-electron chi connectivity index (χ0n) is 11.6. The molecular formula is C15H18N2O4. The largest absolute Gasteiger partial charge is 0.481 e. The maximum Gasteiger partial charge on any atom is 0.325 e. The summed E-state index contributed by atoms with van der Waals surface area (Å²) in [5, 5.41) is 13.3. The highest BCUT2D eigenvalue weighted by Crippen LogP contribution is 2.27. The summed E-state index contributed by atoms with van der Waals surface area (Å²) in [4.78, 5) is 33.5. The first-order valence-corrected chi connectivity index (χ1v) is 6.99. The van der Waals surface area contributed by atoms with Crippen LogP contribution in [0, 0.1) is 0 Å². The number of aliphatic carboxylic acids is 1. The summed E-state index contributed by atoms with van der Waals surface area (Å²) in [7, 11) is 0. The summed E-state index contributed by atoms with van der Waals surface area (Å²) in [6.07, 6.45) is 3.65. The van der Waals surface area contributed by atoms with E-state index in [1.807, 2.05) is 12.1 Å². The highest BCUT2D eigenvalue weighted by molar-refractivity contribution is 6.02. The molecule has 3 N–H and O–H groups in total. The van der Waals surface area contributed by atoms with Gasteiger partial charge in [0.2, 0.25) is 5.91 Å². The van der Waals surface area contributed by atoms with Gasteiger partial charge in [-0.1, -0.05) is 12.1 Å². The Morgan fingerprint density at radius 1 is 1.10 bits per heavy atom. The van der Waals surface area contributed by atoms with Crippen LogP contribution in [0.4, 0.5) is 10.5 Å². The van der Waals surface area contributed by atoms with Gasteiger partial charge >= 0.3 is 12.0 Å². The maximum absolute atomic E-state index is 11.8. The zero-order valence-corrected chi connectivity index (χ0v) is 11.6. The molecule has 0 aliphatic heterocycles. The van der Waals surface area contributed by atoms with Crippen molar-refractivity contribution in [2.24, 2.45) is 0 Å². The number of fused-ring (bicyclic) bond motifs is 1. The van der Waals surface area contributed by atoms with Gasteiger partial charge < -0.3 is 10.4 Å². The van der Waals surface area contributed by atoms with Crippen LogP contribution in [-0.4, -0.2) is 23.0 Å². The third-order valence-corrected chi connectivity index (χ3v) is 3.46. The average Bonchev–Trinajstić information content (AvgIpc) is 2.45. The van der Waals surface area contributed by atoms with Gasteiger partial charge in [0, 0.05) is 12.1 Å². The fourth-order valence-electron chi connectivity index (χ4n) is 2.46. The smallest absolute Gasteiger partial charge is 0.325 e. The first-order valence-electron chi connectivity index (χ1n) is 6.99. The lowest BCUT2D eigenvalue weighted by atomic mass is 9.90. The summed E-state index contributed by atoms with van der Waals surface area (Å²) >= 11 is 0. The van der Waals surface area contributed by atoms with Crippen LogP contribution >= 0.6 is 0 Å². The minimum Gasteiger partial charge on any atom is -0.481 e. The quantitative estimate of drug-likeness (QED) is 0.791. The first-order chi connectivity index (χ1) is 10.1. The number of benzene rings is 1. The molecule has 0 radical (unpaired) electrons. The van der Waals surface area contributed by atoms with E-state index in [-0.39, 0.29) is 12.8 Å². The van der Waals surface area contributed by atoms with Gasteiger partial charge in [0.1, 0.15) is 0 Å². The molecule has 6 nitrogen and oxygen atoms in total. The van der Waals surface area contributed by atoms with E-state index in [4.69, 9.17) is 5.11 Å². The van der Waals surface area contributed by atoms with E-state index in [1.54, 1.807) is 0 Å². The SMILES string of the molecule is O=C(O)CCC(=O)NC(=O)Nc1cccc2c1CCCC2. The second kappa shape index (κ2) is 6.88. The Bertz CT molecular complexity index is 569. The number of carboxylic acid groups (broad SMARTS) is 1.